The topological polar surface area (TPSA) is 117 Å². The molecule has 1 aromatic heterocycles. The fraction of sp³-hybridized carbons (Fsp3) is 0.174. The Morgan fingerprint density at radius 3 is 2.48 bits per heavy atom. The van der Waals surface area contributed by atoms with Crippen LogP contribution in [0.25, 0.3) is 0 Å². The third-order valence-electron chi connectivity index (χ3n) is 4.53. The van der Waals surface area contributed by atoms with Crippen LogP contribution in [-0.2, 0) is 16.1 Å². The van der Waals surface area contributed by atoms with Crippen molar-refractivity contribution < 1.29 is 28.6 Å². The van der Waals surface area contributed by atoms with E-state index in [1.807, 2.05) is 12.1 Å². The largest absolute Gasteiger partial charge is 0.493 e. The maximum atomic E-state index is 12.5. The zero-order valence-corrected chi connectivity index (χ0v) is 19.4. The zero-order valence-electron chi connectivity index (χ0n) is 17.8. The van der Waals surface area contributed by atoms with E-state index in [1.165, 1.54) is 32.2 Å². The van der Waals surface area contributed by atoms with Crippen molar-refractivity contribution in [2.75, 3.05) is 12.4 Å². The van der Waals surface area contributed by atoms with Crippen LogP contribution in [0.1, 0.15) is 33.2 Å². The Labute approximate surface area is 199 Å². The van der Waals surface area contributed by atoms with Gasteiger partial charge in [0.2, 0.25) is 0 Å². The van der Waals surface area contributed by atoms with Gasteiger partial charge >= 0.3 is 5.97 Å². The molecule has 0 fully saturated rings. The minimum Gasteiger partial charge on any atom is -0.493 e. The third kappa shape index (κ3) is 6.24. The van der Waals surface area contributed by atoms with E-state index in [9.17, 15) is 14.4 Å². The van der Waals surface area contributed by atoms with Gasteiger partial charge in [0, 0.05) is 5.02 Å². The molecule has 0 radical (unpaired) electrons. The van der Waals surface area contributed by atoms with Crippen molar-refractivity contribution in [3.63, 3.8) is 0 Å². The number of ether oxygens (including phenoxy) is 3. The van der Waals surface area contributed by atoms with Crippen molar-refractivity contribution in [2.45, 2.75) is 19.6 Å². The normalized spacial score (nSPS) is 11.4. The van der Waals surface area contributed by atoms with Crippen LogP contribution in [0.2, 0.25) is 5.02 Å². The lowest BCUT2D eigenvalue weighted by Crippen LogP contribution is -2.30. The van der Waals surface area contributed by atoms with Gasteiger partial charge in [-0.25, -0.2) is 4.79 Å². The molecule has 3 aromatic rings. The van der Waals surface area contributed by atoms with Crippen LogP contribution in [0, 0.1) is 0 Å². The van der Waals surface area contributed by atoms with Crippen LogP contribution in [0.4, 0.5) is 5.00 Å². The Kier molecular flexibility index (Phi) is 7.92. The maximum absolute atomic E-state index is 12.5. The molecule has 0 saturated carbocycles. The number of hydrogen-bond donors (Lipinski definition) is 2. The fourth-order valence-corrected chi connectivity index (χ4v) is 3.67. The second-order valence-corrected chi connectivity index (χ2v) is 8.20. The van der Waals surface area contributed by atoms with Crippen LogP contribution in [0.5, 0.6) is 11.5 Å². The maximum Gasteiger partial charge on any atom is 0.339 e. The Morgan fingerprint density at radius 2 is 1.82 bits per heavy atom. The van der Waals surface area contributed by atoms with Gasteiger partial charge in [-0.2, -0.15) is 0 Å². The Hall–Kier alpha value is -3.56. The number of nitrogens with one attached hydrogen (secondary N) is 1. The van der Waals surface area contributed by atoms with Crippen LogP contribution in [0.3, 0.4) is 0 Å². The highest BCUT2D eigenvalue weighted by molar-refractivity contribution is 7.14. The second kappa shape index (κ2) is 10.8. The number of hydrogen-bond acceptors (Lipinski definition) is 7. The average molecular weight is 489 g/mol. The number of rotatable bonds is 9. The monoisotopic (exact) mass is 488 g/mol. The predicted molar refractivity (Wildman–Crippen MR) is 125 cm³/mol. The van der Waals surface area contributed by atoms with Gasteiger partial charge in [-0.15, -0.1) is 11.3 Å². The summed E-state index contributed by atoms with van der Waals surface area (Å²) in [4.78, 5) is 36.3. The predicted octanol–water partition coefficient (Wildman–Crippen LogP) is 4.27. The first-order valence-corrected chi connectivity index (χ1v) is 11.0. The van der Waals surface area contributed by atoms with Crippen molar-refractivity contribution in [3.05, 3.63) is 75.6 Å². The summed E-state index contributed by atoms with van der Waals surface area (Å²) >= 11 is 7.02. The lowest BCUT2D eigenvalue weighted by atomic mass is 10.2. The van der Waals surface area contributed by atoms with Gasteiger partial charge in [-0.1, -0.05) is 23.7 Å². The van der Waals surface area contributed by atoms with E-state index in [2.05, 4.69) is 5.32 Å². The highest BCUT2D eigenvalue weighted by Crippen LogP contribution is 2.29. The van der Waals surface area contributed by atoms with Crippen LogP contribution in [-0.4, -0.2) is 31.0 Å². The first-order chi connectivity index (χ1) is 15.8. The molecule has 10 heteroatoms. The number of carbonyl (C=O) groups is 3. The zero-order chi connectivity index (χ0) is 24.0. The molecule has 0 saturated heterocycles. The standard InChI is InChI=1S/C23H21ClN2O6S/c1-13(21(28)26-22-17(20(25)27)9-10-33-22)32-23(29)15-5-8-18(19(11-15)30-2)31-12-14-3-6-16(24)7-4-14/h3-11,13H,12H2,1-2H3,(H2,25,27)(H,26,28). The molecule has 0 aliphatic rings. The summed E-state index contributed by atoms with van der Waals surface area (Å²) in [6.07, 6.45) is -1.12. The molecule has 172 valence electrons. The number of methoxy groups -OCH3 is 1. The number of amides is 2. The number of esters is 1. The number of thiophene rings is 1. The van der Waals surface area contributed by atoms with Gasteiger partial charge in [0.05, 0.1) is 18.2 Å². The Morgan fingerprint density at radius 1 is 1.09 bits per heavy atom. The molecule has 1 unspecified atom stereocenters. The SMILES string of the molecule is COc1cc(C(=O)OC(C)C(=O)Nc2sccc2C(N)=O)ccc1OCc1ccc(Cl)cc1. The number of anilines is 1. The summed E-state index contributed by atoms with van der Waals surface area (Å²) in [7, 11) is 1.45. The van der Waals surface area contributed by atoms with E-state index in [4.69, 9.17) is 31.5 Å². The minimum atomic E-state index is -1.12. The molecule has 0 bridgehead atoms. The summed E-state index contributed by atoms with van der Waals surface area (Å²) in [6.45, 7) is 1.70. The van der Waals surface area contributed by atoms with Crippen molar-refractivity contribution >= 4 is 45.7 Å². The van der Waals surface area contributed by atoms with Gasteiger partial charge in [-0.05, 0) is 54.3 Å². The van der Waals surface area contributed by atoms with E-state index in [0.717, 1.165) is 16.9 Å². The van der Waals surface area contributed by atoms with Gasteiger partial charge in [0.1, 0.15) is 11.6 Å². The summed E-state index contributed by atoms with van der Waals surface area (Å²) in [5.41, 5.74) is 6.55. The molecule has 3 N–H and O–H groups in total. The summed E-state index contributed by atoms with van der Waals surface area (Å²) in [5, 5.41) is 5.09. The van der Waals surface area contributed by atoms with E-state index >= 15 is 0 Å². The highest BCUT2D eigenvalue weighted by Gasteiger charge is 2.22. The number of benzene rings is 2. The molecule has 0 aliphatic carbocycles. The third-order valence-corrected chi connectivity index (χ3v) is 5.61. The second-order valence-electron chi connectivity index (χ2n) is 6.85. The molecule has 2 aromatic carbocycles. The van der Waals surface area contributed by atoms with Crippen molar-refractivity contribution in [3.8, 4) is 11.5 Å². The first kappa shape index (κ1) is 24.1. The molecule has 2 amide bonds. The van der Waals surface area contributed by atoms with Gasteiger partial charge in [0.25, 0.3) is 11.8 Å². The van der Waals surface area contributed by atoms with Crippen LogP contribution in [0.15, 0.2) is 53.9 Å². The lowest BCUT2D eigenvalue weighted by molar-refractivity contribution is -0.123. The molecule has 1 atom stereocenters. The van der Waals surface area contributed by atoms with Crippen molar-refractivity contribution in [1.29, 1.82) is 0 Å². The summed E-state index contributed by atoms with van der Waals surface area (Å²) in [5.74, 6) is -1.21. The van der Waals surface area contributed by atoms with Crippen LogP contribution >= 0.6 is 22.9 Å². The molecule has 33 heavy (non-hydrogen) atoms. The average Bonchev–Trinajstić information content (AvgIpc) is 3.27. The minimum absolute atomic E-state index is 0.180. The lowest BCUT2D eigenvalue weighted by Gasteiger charge is -2.15. The Balaban J connectivity index is 1.62. The van der Waals surface area contributed by atoms with Gasteiger partial charge in [0.15, 0.2) is 17.6 Å². The summed E-state index contributed by atoms with van der Waals surface area (Å²) in [6, 6.07) is 13.3. The van der Waals surface area contributed by atoms with Gasteiger partial charge in [-0.3, -0.25) is 9.59 Å². The fourth-order valence-electron chi connectivity index (χ4n) is 2.75. The van der Waals surface area contributed by atoms with Crippen LogP contribution < -0.4 is 20.5 Å². The molecular formula is C23H21ClN2O6S. The van der Waals surface area contributed by atoms with Gasteiger partial charge < -0.3 is 25.3 Å². The molecule has 3 rings (SSSR count). The molecule has 0 aliphatic heterocycles. The molecule has 0 spiro atoms. The molecular weight excluding hydrogens is 468 g/mol. The molecule has 8 nitrogen and oxygen atoms in total. The smallest absolute Gasteiger partial charge is 0.339 e. The first-order valence-electron chi connectivity index (χ1n) is 9.73. The van der Waals surface area contributed by atoms with Crippen molar-refractivity contribution in [2.24, 2.45) is 5.73 Å². The number of nitrogens with two attached hydrogens (primary N) is 1. The van der Waals surface area contributed by atoms with E-state index in [1.54, 1.807) is 23.6 Å². The molecule has 1 heterocycles. The number of primary amides is 1. The number of carbonyl (C=O) groups excluding carboxylic acids is 3. The van der Waals surface area contributed by atoms with E-state index in [-0.39, 0.29) is 17.7 Å². The van der Waals surface area contributed by atoms with E-state index in [0.29, 0.717) is 21.5 Å². The number of halogens is 1. The Bertz CT molecular complexity index is 1160. The summed E-state index contributed by atoms with van der Waals surface area (Å²) < 4.78 is 16.4. The van der Waals surface area contributed by atoms with Crippen molar-refractivity contribution in [1.82, 2.24) is 0 Å². The highest BCUT2D eigenvalue weighted by atomic mass is 35.5. The van der Waals surface area contributed by atoms with E-state index < -0.39 is 23.9 Å². The quantitative estimate of drug-likeness (QED) is 0.434.